The van der Waals surface area contributed by atoms with E-state index in [1.807, 2.05) is 37.5 Å². The summed E-state index contributed by atoms with van der Waals surface area (Å²) in [7, 11) is 0. The molecule has 0 unspecified atom stereocenters. The molecule has 0 atom stereocenters. The molecule has 0 bridgehead atoms. The number of benzene rings is 1. The number of pyridine rings is 1. The highest BCUT2D eigenvalue weighted by Crippen LogP contribution is 2.23. The van der Waals surface area contributed by atoms with Crippen molar-refractivity contribution in [3.8, 4) is 11.3 Å². The summed E-state index contributed by atoms with van der Waals surface area (Å²) in [5.74, 6) is 0. The number of aromatic nitrogens is 2. The largest absolute Gasteiger partial charge is 0.308 e. The molecule has 0 saturated heterocycles. The molecule has 0 radical (unpaired) electrons. The molecule has 3 heteroatoms. The number of nitrogens with one attached hydrogen (secondary N) is 1. The van der Waals surface area contributed by atoms with Gasteiger partial charge in [0.05, 0.1) is 11.9 Å². The van der Waals surface area contributed by atoms with Crippen LogP contribution in [0.1, 0.15) is 18.1 Å². The van der Waals surface area contributed by atoms with E-state index in [4.69, 9.17) is 5.41 Å². The van der Waals surface area contributed by atoms with E-state index in [2.05, 4.69) is 40.6 Å². The Balaban J connectivity index is 2.14. The molecule has 0 aliphatic rings. The summed E-state index contributed by atoms with van der Waals surface area (Å²) in [6, 6.07) is 12.4. The van der Waals surface area contributed by atoms with Gasteiger partial charge in [0.2, 0.25) is 0 Å². The first-order valence-corrected chi connectivity index (χ1v) is 6.94. The zero-order chi connectivity index (χ0) is 14.8. The first-order valence-electron chi connectivity index (χ1n) is 6.94. The van der Waals surface area contributed by atoms with Crippen LogP contribution >= 0.6 is 0 Å². The third-order valence-corrected chi connectivity index (χ3v) is 3.63. The van der Waals surface area contributed by atoms with Gasteiger partial charge in [0.15, 0.2) is 0 Å². The molecule has 3 aromatic rings. The molecular weight excluding hydrogens is 258 g/mol. The number of imidazole rings is 1. The molecule has 21 heavy (non-hydrogen) atoms. The summed E-state index contributed by atoms with van der Waals surface area (Å²) < 4.78 is 2.08. The zero-order valence-electron chi connectivity index (χ0n) is 12.2. The molecular formula is C18H17N3. The van der Waals surface area contributed by atoms with Gasteiger partial charge in [-0.15, -0.1) is 0 Å². The predicted molar refractivity (Wildman–Crippen MR) is 87.8 cm³/mol. The van der Waals surface area contributed by atoms with E-state index < -0.39 is 0 Å². The van der Waals surface area contributed by atoms with Crippen molar-refractivity contribution in [2.45, 2.75) is 13.8 Å². The molecule has 0 fully saturated rings. The smallest absolute Gasteiger partial charge is 0.137 e. The van der Waals surface area contributed by atoms with Gasteiger partial charge in [0, 0.05) is 18.0 Å². The second-order valence-electron chi connectivity index (χ2n) is 5.04. The first-order chi connectivity index (χ1) is 10.2. The van der Waals surface area contributed by atoms with Gasteiger partial charge < -0.3 is 5.41 Å². The van der Waals surface area contributed by atoms with Crippen LogP contribution in [0.3, 0.4) is 0 Å². The van der Waals surface area contributed by atoms with Crippen LogP contribution in [-0.4, -0.2) is 15.6 Å². The van der Waals surface area contributed by atoms with Crippen molar-refractivity contribution in [2.24, 2.45) is 0 Å². The Labute approximate surface area is 124 Å². The minimum Gasteiger partial charge on any atom is -0.308 e. The average molecular weight is 275 g/mol. The van der Waals surface area contributed by atoms with Crippen LogP contribution in [0, 0.1) is 12.3 Å². The fourth-order valence-corrected chi connectivity index (χ4v) is 2.51. The van der Waals surface area contributed by atoms with E-state index >= 15 is 0 Å². The van der Waals surface area contributed by atoms with Crippen molar-refractivity contribution in [3.05, 3.63) is 66.0 Å². The van der Waals surface area contributed by atoms with Crippen LogP contribution in [0.4, 0.5) is 0 Å². The van der Waals surface area contributed by atoms with Crippen LogP contribution in [0.25, 0.3) is 22.5 Å². The van der Waals surface area contributed by atoms with Crippen LogP contribution in [0.5, 0.6) is 0 Å². The van der Waals surface area contributed by atoms with E-state index in [0.29, 0.717) is 0 Å². The maximum atomic E-state index is 7.45. The highest BCUT2D eigenvalue weighted by Gasteiger charge is 2.07. The predicted octanol–water partition coefficient (Wildman–Crippen LogP) is 4.36. The van der Waals surface area contributed by atoms with Gasteiger partial charge in [0.1, 0.15) is 5.65 Å². The summed E-state index contributed by atoms with van der Waals surface area (Å²) in [4.78, 5) is 4.50. The zero-order valence-corrected chi connectivity index (χ0v) is 12.2. The SMILES string of the molecule is C/C=C(\C=N)c1ccn2c(-c3cccc(C)c3)cnc2c1. The molecule has 1 aromatic carbocycles. The third kappa shape index (κ3) is 2.38. The van der Waals surface area contributed by atoms with Gasteiger partial charge in [-0.1, -0.05) is 29.8 Å². The molecule has 104 valence electrons. The van der Waals surface area contributed by atoms with Crippen molar-refractivity contribution in [1.82, 2.24) is 9.38 Å². The van der Waals surface area contributed by atoms with Crippen molar-refractivity contribution >= 4 is 17.4 Å². The fourth-order valence-electron chi connectivity index (χ4n) is 2.51. The Hall–Kier alpha value is -2.68. The maximum Gasteiger partial charge on any atom is 0.137 e. The van der Waals surface area contributed by atoms with E-state index in [1.165, 1.54) is 11.8 Å². The lowest BCUT2D eigenvalue weighted by Crippen LogP contribution is -1.92. The summed E-state index contributed by atoms with van der Waals surface area (Å²) in [5.41, 5.74) is 6.29. The maximum absolute atomic E-state index is 7.45. The molecule has 0 aliphatic heterocycles. The number of hydrogen-bond donors (Lipinski definition) is 1. The van der Waals surface area contributed by atoms with E-state index in [-0.39, 0.29) is 0 Å². The van der Waals surface area contributed by atoms with Gasteiger partial charge in [-0.3, -0.25) is 4.40 Å². The van der Waals surface area contributed by atoms with Crippen molar-refractivity contribution < 1.29 is 0 Å². The Morgan fingerprint density at radius 3 is 2.81 bits per heavy atom. The molecule has 2 heterocycles. The highest BCUT2D eigenvalue weighted by atomic mass is 15.0. The van der Waals surface area contributed by atoms with Gasteiger partial charge in [-0.25, -0.2) is 4.98 Å². The lowest BCUT2D eigenvalue weighted by Gasteiger charge is -2.05. The highest BCUT2D eigenvalue weighted by molar-refractivity contribution is 6.08. The second-order valence-corrected chi connectivity index (χ2v) is 5.04. The summed E-state index contributed by atoms with van der Waals surface area (Å²) >= 11 is 0. The van der Waals surface area contributed by atoms with Crippen LogP contribution in [0.2, 0.25) is 0 Å². The number of fused-ring (bicyclic) bond motifs is 1. The topological polar surface area (TPSA) is 41.2 Å². The molecule has 3 rings (SSSR count). The third-order valence-electron chi connectivity index (χ3n) is 3.63. The Morgan fingerprint density at radius 1 is 1.24 bits per heavy atom. The Morgan fingerprint density at radius 2 is 2.10 bits per heavy atom. The number of hydrogen-bond acceptors (Lipinski definition) is 2. The minimum atomic E-state index is 0.894. The lowest BCUT2D eigenvalue weighted by molar-refractivity contribution is 1.18. The number of rotatable bonds is 3. The van der Waals surface area contributed by atoms with Gasteiger partial charge in [-0.2, -0.15) is 0 Å². The molecule has 1 N–H and O–H groups in total. The Kier molecular flexibility index (Phi) is 3.40. The van der Waals surface area contributed by atoms with Crippen LogP contribution in [0.15, 0.2) is 54.9 Å². The van der Waals surface area contributed by atoms with Crippen LogP contribution in [-0.2, 0) is 0 Å². The number of allylic oxidation sites excluding steroid dienone is 2. The van der Waals surface area contributed by atoms with Crippen molar-refractivity contribution in [3.63, 3.8) is 0 Å². The van der Waals surface area contributed by atoms with E-state index in [1.54, 1.807) is 0 Å². The quantitative estimate of drug-likeness (QED) is 0.709. The lowest BCUT2D eigenvalue weighted by atomic mass is 10.1. The molecule has 0 aliphatic carbocycles. The number of nitrogens with zero attached hydrogens (tertiary/aromatic N) is 2. The minimum absolute atomic E-state index is 0.894. The summed E-state index contributed by atoms with van der Waals surface area (Å²) in [5, 5.41) is 7.45. The summed E-state index contributed by atoms with van der Waals surface area (Å²) in [6.45, 7) is 4.03. The molecule has 3 nitrogen and oxygen atoms in total. The number of aryl methyl sites for hydroxylation is 1. The molecule has 0 amide bonds. The monoisotopic (exact) mass is 275 g/mol. The van der Waals surface area contributed by atoms with Gasteiger partial charge in [0.25, 0.3) is 0 Å². The molecule has 0 saturated carbocycles. The van der Waals surface area contributed by atoms with E-state index in [0.717, 1.165) is 28.0 Å². The second kappa shape index (κ2) is 5.37. The normalized spacial score (nSPS) is 11.8. The van der Waals surface area contributed by atoms with E-state index in [9.17, 15) is 0 Å². The van der Waals surface area contributed by atoms with Gasteiger partial charge in [-0.05, 0) is 43.2 Å². The summed E-state index contributed by atoms with van der Waals surface area (Å²) in [6.07, 6.45) is 7.22. The first kappa shape index (κ1) is 13.3. The molecule has 2 aromatic heterocycles. The van der Waals surface area contributed by atoms with Crippen molar-refractivity contribution in [2.75, 3.05) is 0 Å². The van der Waals surface area contributed by atoms with Crippen LogP contribution < -0.4 is 0 Å². The Bertz CT molecular complexity index is 841. The van der Waals surface area contributed by atoms with Gasteiger partial charge >= 0.3 is 0 Å². The molecule has 0 spiro atoms. The average Bonchev–Trinajstić information content (AvgIpc) is 2.92. The standard InChI is InChI=1S/C18H17N3/c1-3-14(11-19)15-7-8-21-17(12-20-18(21)10-15)16-6-4-5-13(2)9-16/h3-12,19H,1-2H3/b14-3+,19-11?. The van der Waals surface area contributed by atoms with Crippen molar-refractivity contribution in [1.29, 1.82) is 5.41 Å². The fraction of sp³-hybridized carbons (Fsp3) is 0.111.